The van der Waals surface area contributed by atoms with Crippen molar-refractivity contribution in [3.05, 3.63) is 0 Å². The molecule has 0 saturated heterocycles. The molecule has 0 radical (unpaired) electrons. The second-order valence-corrected chi connectivity index (χ2v) is 4.04. The third kappa shape index (κ3) is 17.9. The highest BCUT2D eigenvalue weighted by atomic mass is 32.3. The van der Waals surface area contributed by atoms with Gasteiger partial charge in [-0.25, -0.2) is 4.72 Å². The highest BCUT2D eigenvalue weighted by Crippen LogP contribution is 2.26. The summed E-state index contributed by atoms with van der Waals surface area (Å²) in [5.41, 5.74) is 0. The van der Waals surface area contributed by atoms with Crippen molar-refractivity contribution in [1.29, 1.82) is 0 Å². The first kappa shape index (κ1) is 13.8. The maximum atomic E-state index is 8.77. The molecule has 0 rings (SSSR count). The second kappa shape index (κ2) is 8.33. The Kier molecular flexibility index (Phi) is 10.4. The van der Waals surface area contributed by atoms with Crippen LogP contribution in [0.1, 0.15) is 33.6 Å². The summed E-state index contributed by atoms with van der Waals surface area (Å²) in [5, 5.41) is 0. The molecule has 0 atom stereocenters. The van der Waals surface area contributed by atoms with Crippen LogP contribution in [0.4, 0.5) is 0 Å². The lowest BCUT2D eigenvalue weighted by molar-refractivity contribution is 0.476. The Morgan fingerprint density at radius 3 is 2.00 bits per heavy atom. The largest absolute Gasteiger partial charge is 0.286 e. The fourth-order valence-corrected chi connectivity index (χ4v) is 0.973. The van der Waals surface area contributed by atoms with E-state index in [1.165, 1.54) is 6.26 Å². The average Bonchev–Trinajstić information content (AvgIpc) is 1.90. The van der Waals surface area contributed by atoms with Crippen molar-refractivity contribution in [2.75, 3.05) is 12.8 Å². The smallest absolute Gasteiger partial charge is 0.0416 e. The van der Waals surface area contributed by atoms with Gasteiger partial charge in [-0.15, -0.1) is 10.8 Å². The number of unbranched alkanes of at least 4 members (excludes halogenated alkanes) is 1. The van der Waals surface area contributed by atoms with E-state index < -0.39 is 10.8 Å². The van der Waals surface area contributed by atoms with Gasteiger partial charge in [0, 0.05) is 12.8 Å². The van der Waals surface area contributed by atoms with Crippen molar-refractivity contribution in [3.8, 4) is 0 Å². The normalized spacial score (nSPS) is 11.8. The molecule has 0 bridgehead atoms. The van der Waals surface area contributed by atoms with Crippen LogP contribution in [0.15, 0.2) is 0 Å². The first-order valence-corrected chi connectivity index (χ1v) is 5.99. The van der Waals surface area contributed by atoms with Gasteiger partial charge in [-0.05, 0) is 6.42 Å². The van der Waals surface area contributed by atoms with E-state index >= 15 is 0 Å². The highest BCUT2D eigenvalue weighted by molar-refractivity contribution is 8.22. The van der Waals surface area contributed by atoms with Crippen LogP contribution in [0.5, 0.6) is 0 Å². The Hall–Kier alpha value is 0.230. The lowest BCUT2D eigenvalue weighted by Crippen LogP contribution is -2.19. The monoisotopic (exact) mass is 183 g/mol. The van der Waals surface area contributed by atoms with Gasteiger partial charge in [-0.3, -0.25) is 9.11 Å². The van der Waals surface area contributed by atoms with Crippen molar-refractivity contribution >= 4 is 10.8 Å². The molecule has 72 valence electrons. The predicted octanol–water partition coefficient (Wildman–Crippen LogP) is 2.70. The van der Waals surface area contributed by atoms with Crippen LogP contribution < -0.4 is 4.72 Å². The van der Waals surface area contributed by atoms with Crippen LogP contribution in [-0.4, -0.2) is 21.9 Å². The Labute approximate surface area is 71.7 Å². The Bertz CT molecular complexity index is 73.3. The molecule has 3 nitrogen and oxygen atoms in total. The number of nitrogens with one attached hydrogen (secondary N) is 1. The molecule has 0 aliphatic heterocycles. The third-order valence-corrected chi connectivity index (χ3v) is 1.66. The van der Waals surface area contributed by atoms with Crippen LogP contribution in [-0.2, 0) is 0 Å². The van der Waals surface area contributed by atoms with Crippen LogP contribution in [0.25, 0.3) is 0 Å². The summed E-state index contributed by atoms with van der Waals surface area (Å²) in [6.07, 6.45) is 3.45. The maximum absolute atomic E-state index is 8.77. The van der Waals surface area contributed by atoms with Crippen molar-refractivity contribution < 1.29 is 9.11 Å². The first-order valence-electron chi connectivity index (χ1n) is 4.04. The second-order valence-electron chi connectivity index (χ2n) is 2.08. The van der Waals surface area contributed by atoms with E-state index in [0.717, 1.165) is 12.8 Å². The average molecular weight is 183 g/mol. The molecule has 0 amide bonds. The van der Waals surface area contributed by atoms with Gasteiger partial charge in [0.15, 0.2) is 0 Å². The van der Waals surface area contributed by atoms with Crippen LogP contribution in [0.3, 0.4) is 0 Å². The molecule has 0 aliphatic rings. The third-order valence-electron chi connectivity index (χ3n) is 0.906. The molecule has 3 N–H and O–H groups in total. The molecule has 0 saturated carbocycles. The molecular weight excluding hydrogens is 162 g/mol. The van der Waals surface area contributed by atoms with Crippen LogP contribution >= 0.6 is 10.8 Å². The molecule has 0 aromatic heterocycles. The Morgan fingerprint density at radius 2 is 1.73 bits per heavy atom. The van der Waals surface area contributed by atoms with Gasteiger partial charge in [0.05, 0.1) is 0 Å². The van der Waals surface area contributed by atoms with E-state index in [9.17, 15) is 0 Å². The van der Waals surface area contributed by atoms with Crippen molar-refractivity contribution in [1.82, 2.24) is 4.72 Å². The van der Waals surface area contributed by atoms with E-state index in [1.54, 1.807) is 0 Å². The summed E-state index contributed by atoms with van der Waals surface area (Å²) in [6, 6.07) is 0. The maximum Gasteiger partial charge on any atom is 0.0416 e. The van der Waals surface area contributed by atoms with Gasteiger partial charge in [0.25, 0.3) is 0 Å². The topological polar surface area (TPSA) is 52.5 Å². The molecule has 0 heterocycles. The lowest BCUT2D eigenvalue weighted by Gasteiger charge is -2.27. The van der Waals surface area contributed by atoms with Crippen molar-refractivity contribution in [2.24, 2.45) is 0 Å². The first-order chi connectivity index (χ1) is 5.06. The molecule has 0 fully saturated rings. The molecule has 0 aliphatic carbocycles. The molecule has 0 unspecified atom stereocenters. The number of hydrogen-bond acceptors (Lipinski definition) is 3. The zero-order chi connectivity index (χ0) is 9.33. The van der Waals surface area contributed by atoms with E-state index in [4.69, 9.17) is 9.11 Å². The van der Waals surface area contributed by atoms with Gasteiger partial charge < -0.3 is 0 Å². The molecule has 0 spiro atoms. The minimum absolute atomic E-state index is 0.690. The van der Waals surface area contributed by atoms with Gasteiger partial charge in [0.2, 0.25) is 0 Å². The minimum Gasteiger partial charge on any atom is -0.286 e. The zero-order valence-corrected chi connectivity index (χ0v) is 8.74. The highest BCUT2D eigenvalue weighted by Gasteiger charge is 1.98. The van der Waals surface area contributed by atoms with Crippen molar-refractivity contribution in [3.63, 3.8) is 0 Å². The van der Waals surface area contributed by atoms with Crippen molar-refractivity contribution in [2.45, 2.75) is 33.6 Å². The fourth-order valence-electron chi connectivity index (χ4n) is 0.442. The molecule has 11 heavy (non-hydrogen) atoms. The van der Waals surface area contributed by atoms with E-state index in [1.807, 2.05) is 13.8 Å². The standard InChI is InChI=1S/C5H15NO2S.C2H6/c1-3-4-5-6-9(2,7)8;1-2/h6-8H,3-5H2,1-2H3;1-2H3. The van der Waals surface area contributed by atoms with Gasteiger partial charge in [-0.1, -0.05) is 27.2 Å². The molecular formula is C7H21NO2S. The van der Waals surface area contributed by atoms with Crippen LogP contribution in [0, 0.1) is 0 Å². The summed E-state index contributed by atoms with van der Waals surface area (Å²) in [5.74, 6) is 0. The van der Waals surface area contributed by atoms with Gasteiger partial charge in [0.1, 0.15) is 0 Å². The van der Waals surface area contributed by atoms with Crippen LogP contribution in [0.2, 0.25) is 0 Å². The Balaban J connectivity index is 0. The van der Waals surface area contributed by atoms with Gasteiger partial charge >= 0.3 is 0 Å². The summed E-state index contributed by atoms with van der Waals surface area (Å²) >= 11 is 0. The summed E-state index contributed by atoms with van der Waals surface area (Å²) in [6.45, 7) is 6.75. The minimum atomic E-state index is -2.45. The quantitative estimate of drug-likeness (QED) is 0.587. The zero-order valence-electron chi connectivity index (χ0n) is 7.92. The Morgan fingerprint density at radius 1 is 1.27 bits per heavy atom. The summed E-state index contributed by atoms with van der Waals surface area (Å²) < 4.78 is 20.2. The SMILES string of the molecule is CC.CCCCNS(C)(O)O. The van der Waals surface area contributed by atoms with E-state index in [2.05, 4.69) is 11.6 Å². The van der Waals surface area contributed by atoms with E-state index in [-0.39, 0.29) is 0 Å². The lowest BCUT2D eigenvalue weighted by atomic mass is 10.3. The molecule has 4 heteroatoms. The molecule has 0 aromatic rings. The van der Waals surface area contributed by atoms with E-state index in [0.29, 0.717) is 6.54 Å². The predicted molar refractivity (Wildman–Crippen MR) is 53.0 cm³/mol. The molecule has 0 aromatic carbocycles. The number of rotatable bonds is 4. The number of hydrogen-bond donors (Lipinski definition) is 3. The summed E-state index contributed by atoms with van der Waals surface area (Å²) in [4.78, 5) is 0. The van der Waals surface area contributed by atoms with Gasteiger partial charge in [-0.2, -0.15) is 0 Å². The fraction of sp³-hybridized carbons (Fsp3) is 1.00. The summed E-state index contributed by atoms with van der Waals surface area (Å²) in [7, 11) is -2.45.